The molecular weight excluding hydrogens is 254 g/mol. The lowest BCUT2D eigenvalue weighted by Gasteiger charge is -2.35. The highest BCUT2D eigenvalue weighted by Gasteiger charge is 2.41. The molecule has 0 aliphatic carbocycles. The predicted octanol–water partition coefficient (Wildman–Crippen LogP) is 1.03. The Labute approximate surface area is 111 Å². The molecule has 1 rings (SSSR count). The SMILES string of the molecule is CC(C)(C)OC(=O)N1CC[C@H](C(=O)O)[C@H](C(=O)O)C1. The Hall–Kier alpha value is -1.79. The van der Waals surface area contributed by atoms with Gasteiger partial charge in [0, 0.05) is 13.1 Å². The summed E-state index contributed by atoms with van der Waals surface area (Å²) in [7, 11) is 0. The van der Waals surface area contributed by atoms with Gasteiger partial charge >= 0.3 is 18.0 Å². The lowest BCUT2D eigenvalue weighted by molar-refractivity contribution is -0.156. The highest BCUT2D eigenvalue weighted by molar-refractivity contribution is 5.81. The first kappa shape index (κ1) is 15.3. The van der Waals surface area contributed by atoms with E-state index in [4.69, 9.17) is 14.9 Å². The van der Waals surface area contributed by atoms with Crippen molar-refractivity contribution >= 4 is 18.0 Å². The summed E-state index contributed by atoms with van der Waals surface area (Å²) in [6.45, 7) is 5.19. The summed E-state index contributed by atoms with van der Waals surface area (Å²) in [6.07, 6.45) is -0.492. The van der Waals surface area contributed by atoms with Gasteiger partial charge in [-0.05, 0) is 27.2 Å². The highest BCUT2D eigenvalue weighted by Crippen LogP contribution is 2.25. The summed E-state index contributed by atoms with van der Waals surface area (Å²) in [4.78, 5) is 35.1. The number of piperidine rings is 1. The zero-order valence-electron chi connectivity index (χ0n) is 11.3. The van der Waals surface area contributed by atoms with E-state index in [2.05, 4.69) is 0 Å². The minimum absolute atomic E-state index is 0.117. The van der Waals surface area contributed by atoms with E-state index in [-0.39, 0.29) is 19.5 Å². The second-order valence-corrected chi connectivity index (χ2v) is 5.60. The van der Waals surface area contributed by atoms with Crippen LogP contribution < -0.4 is 0 Å². The molecule has 2 atom stereocenters. The maximum absolute atomic E-state index is 11.8. The molecule has 0 aromatic carbocycles. The average molecular weight is 273 g/mol. The smallest absolute Gasteiger partial charge is 0.410 e. The van der Waals surface area contributed by atoms with Crippen molar-refractivity contribution in [3.63, 3.8) is 0 Å². The van der Waals surface area contributed by atoms with Gasteiger partial charge < -0.3 is 19.8 Å². The Morgan fingerprint density at radius 1 is 1.11 bits per heavy atom. The number of carboxylic acid groups (broad SMARTS) is 2. The summed E-state index contributed by atoms with van der Waals surface area (Å²) in [6, 6.07) is 0. The van der Waals surface area contributed by atoms with Crippen molar-refractivity contribution in [1.82, 2.24) is 4.90 Å². The summed E-state index contributed by atoms with van der Waals surface area (Å²) < 4.78 is 5.15. The summed E-state index contributed by atoms with van der Waals surface area (Å²) >= 11 is 0. The van der Waals surface area contributed by atoms with Crippen LogP contribution in [-0.2, 0) is 14.3 Å². The van der Waals surface area contributed by atoms with Gasteiger partial charge in [0.25, 0.3) is 0 Å². The van der Waals surface area contributed by atoms with Crippen LogP contribution in [0.15, 0.2) is 0 Å². The molecule has 0 spiro atoms. The predicted molar refractivity (Wildman–Crippen MR) is 64.7 cm³/mol. The van der Waals surface area contributed by atoms with E-state index in [0.717, 1.165) is 0 Å². The second kappa shape index (κ2) is 5.46. The van der Waals surface area contributed by atoms with E-state index in [1.807, 2.05) is 0 Å². The van der Waals surface area contributed by atoms with Gasteiger partial charge in [0.1, 0.15) is 5.60 Å². The molecule has 1 amide bonds. The van der Waals surface area contributed by atoms with Gasteiger partial charge in [-0.3, -0.25) is 9.59 Å². The Kier molecular flexibility index (Phi) is 4.39. The van der Waals surface area contributed by atoms with Gasteiger partial charge in [0.05, 0.1) is 11.8 Å². The lowest BCUT2D eigenvalue weighted by Crippen LogP contribution is -2.49. The van der Waals surface area contributed by atoms with E-state index in [9.17, 15) is 14.4 Å². The Balaban J connectivity index is 2.74. The molecule has 1 aliphatic heterocycles. The first-order chi connectivity index (χ1) is 8.61. The Morgan fingerprint density at radius 2 is 1.63 bits per heavy atom. The van der Waals surface area contributed by atoms with E-state index >= 15 is 0 Å². The molecule has 1 fully saturated rings. The van der Waals surface area contributed by atoms with Crippen molar-refractivity contribution in [3.8, 4) is 0 Å². The van der Waals surface area contributed by atoms with E-state index in [1.165, 1.54) is 4.90 Å². The highest BCUT2D eigenvalue weighted by atomic mass is 16.6. The molecule has 0 aromatic rings. The molecule has 0 saturated carbocycles. The van der Waals surface area contributed by atoms with Crippen LogP contribution in [0.1, 0.15) is 27.2 Å². The number of rotatable bonds is 2. The molecular formula is C12H19NO6. The third kappa shape index (κ3) is 4.11. The molecule has 2 N–H and O–H groups in total. The van der Waals surface area contributed by atoms with Crippen molar-refractivity contribution in [2.45, 2.75) is 32.8 Å². The van der Waals surface area contributed by atoms with Crippen LogP contribution >= 0.6 is 0 Å². The maximum Gasteiger partial charge on any atom is 0.410 e. The van der Waals surface area contributed by atoms with Crippen molar-refractivity contribution in [3.05, 3.63) is 0 Å². The van der Waals surface area contributed by atoms with Crippen LogP contribution in [0, 0.1) is 11.8 Å². The normalized spacial score (nSPS) is 23.8. The Bertz CT molecular complexity index is 386. The van der Waals surface area contributed by atoms with Gasteiger partial charge in [-0.2, -0.15) is 0 Å². The fourth-order valence-corrected chi connectivity index (χ4v) is 1.99. The third-order valence-corrected chi connectivity index (χ3v) is 2.90. The summed E-state index contributed by atoms with van der Waals surface area (Å²) in [5, 5.41) is 18.0. The number of amides is 1. The number of carbonyl (C=O) groups excluding carboxylic acids is 1. The molecule has 0 bridgehead atoms. The van der Waals surface area contributed by atoms with Crippen LogP contribution in [0.5, 0.6) is 0 Å². The molecule has 1 saturated heterocycles. The number of nitrogens with zero attached hydrogens (tertiary/aromatic N) is 1. The van der Waals surface area contributed by atoms with Crippen LogP contribution in [0.4, 0.5) is 4.79 Å². The summed E-state index contributed by atoms with van der Waals surface area (Å²) in [5.41, 5.74) is -0.667. The molecule has 0 radical (unpaired) electrons. The molecule has 0 unspecified atom stereocenters. The van der Waals surface area contributed by atoms with E-state index < -0.39 is 35.5 Å². The number of carboxylic acids is 2. The molecule has 0 aromatic heterocycles. The largest absolute Gasteiger partial charge is 0.481 e. The standard InChI is InChI=1S/C12H19NO6/c1-12(2,3)19-11(18)13-5-4-7(9(14)15)8(6-13)10(16)17/h7-8H,4-6H2,1-3H3,(H,14,15)(H,16,17)/t7-,8+/m0/s1. The van der Waals surface area contributed by atoms with E-state index in [1.54, 1.807) is 20.8 Å². The maximum atomic E-state index is 11.8. The first-order valence-corrected chi connectivity index (χ1v) is 6.05. The molecule has 7 heteroatoms. The molecule has 1 aliphatic rings. The van der Waals surface area contributed by atoms with Crippen LogP contribution in [0.2, 0.25) is 0 Å². The van der Waals surface area contributed by atoms with Crippen LogP contribution in [-0.4, -0.2) is 51.8 Å². The summed E-state index contributed by atoms with van der Waals surface area (Å²) in [5.74, 6) is -4.41. The van der Waals surface area contributed by atoms with E-state index in [0.29, 0.717) is 0 Å². The monoisotopic (exact) mass is 273 g/mol. The van der Waals surface area contributed by atoms with Gasteiger partial charge in [0.15, 0.2) is 0 Å². The number of hydrogen-bond acceptors (Lipinski definition) is 4. The number of hydrogen-bond donors (Lipinski definition) is 2. The zero-order chi connectivity index (χ0) is 14.8. The second-order valence-electron chi connectivity index (χ2n) is 5.60. The minimum atomic E-state index is -1.21. The number of ether oxygens (including phenoxy) is 1. The van der Waals surface area contributed by atoms with Crippen molar-refractivity contribution < 1.29 is 29.3 Å². The first-order valence-electron chi connectivity index (χ1n) is 6.05. The van der Waals surface area contributed by atoms with Gasteiger partial charge in [-0.25, -0.2) is 4.79 Å². The van der Waals surface area contributed by atoms with Crippen LogP contribution in [0.25, 0.3) is 0 Å². The van der Waals surface area contributed by atoms with Crippen molar-refractivity contribution in [2.75, 3.05) is 13.1 Å². The lowest BCUT2D eigenvalue weighted by atomic mass is 9.86. The molecule has 7 nitrogen and oxygen atoms in total. The molecule has 1 heterocycles. The fourth-order valence-electron chi connectivity index (χ4n) is 1.99. The van der Waals surface area contributed by atoms with Gasteiger partial charge in [0.2, 0.25) is 0 Å². The topological polar surface area (TPSA) is 104 Å². The molecule has 19 heavy (non-hydrogen) atoms. The molecule has 108 valence electrons. The van der Waals surface area contributed by atoms with Gasteiger partial charge in [-0.1, -0.05) is 0 Å². The Morgan fingerprint density at radius 3 is 2.05 bits per heavy atom. The van der Waals surface area contributed by atoms with Gasteiger partial charge in [-0.15, -0.1) is 0 Å². The third-order valence-electron chi connectivity index (χ3n) is 2.90. The average Bonchev–Trinajstić information content (AvgIpc) is 2.25. The number of aliphatic carboxylic acids is 2. The van der Waals surface area contributed by atoms with Crippen molar-refractivity contribution in [2.24, 2.45) is 11.8 Å². The number of carbonyl (C=O) groups is 3. The quantitative estimate of drug-likeness (QED) is 0.778. The zero-order valence-corrected chi connectivity index (χ0v) is 11.3. The van der Waals surface area contributed by atoms with Crippen LogP contribution in [0.3, 0.4) is 0 Å². The van der Waals surface area contributed by atoms with Crippen molar-refractivity contribution in [1.29, 1.82) is 0 Å². The fraction of sp³-hybridized carbons (Fsp3) is 0.750. The number of likely N-dealkylation sites (tertiary alicyclic amines) is 1. The minimum Gasteiger partial charge on any atom is -0.481 e.